The molecule has 0 bridgehead atoms. The Balaban J connectivity index is 1.11. The van der Waals surface area contributed by atoms with E-state index in [9.17, 15) is 0 Å². The minimum atomic E-state index is -0.364. The number of hydrogen-bond acceptors (Lipinski definition) is 4. The van der Waals surface area contributed by atoms with Crippen LogP contribution in [-0.2, 0) is 0 Å². The molecule has 4 heterocycles. The number of benzene rings is 10. The number of fused-ring (bicyclic) bond motifs is 12. The van der Waals surface area contributed by atoms with E-state index in [0.717, 1.165) is 95.0 Å². The van der Waals surface area contributed by atoms with E-state index in [2.05, 4.69) is 206 Å². The van der Waals surface area contributed by atoms with Gasteiger partial charge in [-0.15, -0.1) is 0 Å². The monoisotopic (exact) mass is 859 g/mol. The average molecular weight is 860 g/mol. The van der Waals surface area contributed by atoms with E-state index in [0.29, 0.717) is 5.84 Å². The number of aliphatic imine (C=N–C) groups is 2. The summed E-state index contributed by atoms with van der Waals surface area (Å²) >= 11 is 0. The van der Waals surface area contributed by atoms with Crippen LogP contribution in [0, 0.1) is 5.92 Å². The summed E-state index contributed by atoms with van der Waals surface area (Å²) in [6.45, 7) is 2.27. The van der Waals surface area contributed by atoms with Crippen LogP contribution in [0.1, 0.15) is 36.1 Å². The molecule has 0 aliphatic carbocycles. The fourth-order valence-corrected chi connectivity index (χ4v) is 11.1. The van der Waals surface area contributed by atoms with E-state index in [-0.39, 0.29) is 12.0 Å². The van der Waals surface area contributed by atoms with E-state index in [1.165, 1.54) is 37.8 Å². The number of rotatable bonds is 6. The van der Waals surface area contributed by atoms with E-state index >= 15 is 0 Å². The fraction of sp³-hybridized carbons (Fsp3) is 0.0645. The largest absolute Gasteiger partial charge is 0.456 e. The molecule has 0 saturated heterocycles. The maximum atomic E-state index is 6.81. The van der Waals surface area contributed by atoms with Crippen molar-refractivity contribution in [3.05, 3.63) is 223 Å². The molecule has 13 aromatic rings. The summed E-state index contributed by atoms with van der Waals surface area (Å²) in [6.07, 6.45) is 0.787. The van der Waals surface area contributed by atoms with Gasteiger partial charge in [0.15, 0.2) is 5.84 Å². The maximum absolute atomic E-state index is 6.81. The number of para-hydroxylation sites is 2. The highest BCUT2D eigenvalue weighted by molar-refractivity contribution is 6.24. The Kier molecular flexibility index (Phi) is 8.32. The molecule has 0 radical (unpaired) electrons. The molecular weight excluding hydrogens is 819 g/mol. The van der Waals surface area contributed by atoms with Crippen LogP contribution in [0.3, 0.4) is 0 Å². The number of nitrogens with zero attached hydrogens (tertiary/aromatic N) is 3. The number of furan rings is 2. The molecular formula is C62H41N3O2. The Hall–Kier alpha value is -8.54. The zero-order valence-corrected chi connectivity index (χ0v) is 36.6. The Morgan fingerprint density at radius 1 is 0.463 bits per heavy atom. The molecule has 2 unspecified atom stereocenters. The van der Waals surface area contributed by atoms with Gasteiger partial charge >= 0.3 is 0 Å². The van der Waals surface area contributed by atoms with Gasteiger partial charge in [-0.05, 0) is 82.2 Å². The van der Waals surface area contributed by atoms with Crippen molar-refractivity contribution in [3.63, 3.8) is 0 Å². The molecule has 14 rings (SSSR count). The summed E-state index contributed by atoms with van der Waals surface area (Å²) in [5, 5.41) is 11.5. The third-order valence-corrected chi connectivity index (χ3v) is 14.2. The van der Waals surface area contributed by atoms with Crippen molar-refractivity contribution in [3.8, 4) is 16.8 Å². The molecule has 0 N–H and O–H groups in total. The first-order chi connectivity index (χ1) is 33.2. The topological polar surface area (TPSA) is 55.9 Å². The van der Waals surface area contributed by atoms with Gasteiger partial charge in [0.1, 0.15) is 22.3 Å². The molecule has 0 amide bonds. The van der Waals surface area contributed by atoms with Crippen LogP contribution in [0.15, 0.2) is 225 Å². The van der Waals surface area contributed by atoms with Crippen LogP contribution in [0.4, 0.5) is 0 Å². The Labute approximate surface area is 385 Å². The van der Waals surface area contributed by atoms with Gasteiger partial charge in [-0.1, -0.05) is 165 Å². The highest BCUT2D eigenvalue weighted by atomic mass is 16.3. The van der Waals surface area contributed by atoms with E-state index in [1.54, 1.807) is 0 Å². The molecule has 1 aliphatic heterocycles. The summed E-state index contributed by atoms with van der Waals surface area (Å²) < 4.78 is 15.9. The zero-order valence-electron chi connectivity index (χ0n) is 36.6. The highest BCUT2D eigenvalue weighted by Gasteiger charge is 2.36. The van der Waals surface area contributed by atoms with Gasteiger partial charge in [0, 0.05) is 60.3 Å². The molecule has 1 aliphatic rings. The normalized spacial score (nSPS) is 15.5. The first kappa shape index (κ1) is 37.8. The van der Waals surface area contributed by atoms with Crippen molar-refractivity contribution in [2.75, 3.05) is 0 Å². The van der Waals surface area contributed by atoms with Crippen molar-refractivity contribution < 1.29 is 8.83 Å². The molecule has 67 heavy (non-hydrogen) atoms. The second kappa shape index (κ2) is 14.7. The lowest BCUT2D eigenvalue weighted by atomic mass is 9.81. The van der Waals surface area contributed by atoms with Gasteiger partial charge in [0.05, 0.1) is 28.5 Å². The van der Waals surface area contributed by atoms with E-state index in [4.69, 9.17) is 18.8 Å². The van der Waals surface area contributed by atoms with Crippen LogP contribution in [-0.4, -0.2) is 16.1 Å². The van der Waals surface area contributed by atoms with Gasteiger partial charge in [-0.2, -0.15) is 0 Å². The van der Waals surface area contributed by atoms with Gasteiger partial charge in [0.2, 0.25) is 0 Å². The Morgan fingerprint density at radius 3 is 1.96 bits per heavy atom. The molecule has 316 valence electrons. The molecule has 5 heteroatoms. The Bertz CT molecular complexity index is 4220. The molecule has 0 saturated carbocycles. The number of hydrogen-bond donors (Lipinski definition) is 0. The fourth-order valence-electron chi connectivity index (χ4n) is 11.1. The average Bonchev–Trinajstić information content (AvgIpc) is 4.06. The predicted octanol–water partition coefficient (Wildman–Crippen LogP) is 16.6. The summed E-state index contributed by atoms with van der Waals surface area (Å²) in [5.41, 5.74) is 13.1. The van der Waals surface area contributed by atoms with Crippen LogP contribution in [0.5, 0.6) is 0 Å². The Morgan fingerprint density at radius 2 is 1.12 bits per heavy atom. The molecule has 3 aromatic heterocycles. The van der Waals surface area contributed by atoms with Crippen LogP contribution < -0.4 is 0 Å². The lowest BCUT2D eigenvalue weighted by Gasteiger charge is -2.31. The molecule has 2 atom stereocenters. The van der Waals surface area contributed by atoms with E-state index in [1.807, 2.05) is 12.1 Å². The van der Waals surface area contributed by atoms with Crippen molar-refractivity contribution in [2.45, 2.75) is 19.4 Å². The summed E-state index contributed by atoms with van der Waals surface area (Å²) in [5.74, 6) is 0.577. The van der Waals surface area contributed by atoms with Gasteiger partial charge in [0.25, 0.3) is 0 Å². The molecule has 5 nitrogen and oxygen atoms in total. The predicted molar refractivity (Wildman–Crippen MR) is 278 cm³/mol. The second-order valence-corrected chi connectivity index (χ2v) is 17.9. The van der Waals surface area contributed by atoms with Crippen LogP contribution >= 0.6 is 0 Å². The van der Waals surface area contributed by atoms with Gasteiger partial charge < -0.3 is 13.4 Å². The summed E-state index contributed by atoms with van der Waals surface area (Å²) in [7, 11) is 0. The molecule has 0 spiro atoms. The lowest BCUT2D eigenvalue weighted by Crippen LogP contribution is -2.29. The number of aromatic nitrogens is 1. The van der Waals surface area contributed by atoms with Crippen LogP contribution in [0.2, 0.25) is 0 Å². The minimum absolute atomic E-state index is 0.119. The van der Waals surface area contributed by atoms with Crippen molar-refractivity contribution in [1.29, 1.82) is 0 Å². The third-order valence-electron chi connectivity index (χ3n) is 14.2. The lowest BCUT2D eigenvalue weighted by molar-refractivity contribution is 0.531. The summed E-state index contributed by atoms with van der Waals surface area (Å²) in [6, 6.07) is 73.5. The van der Waals surface area contributed by atoms with Crippen molar-refractivity contribution >= 4 is 98.8 Å². The smallest absolute Gasteiger partial charge is 0.155 e. The third kappa shape index (κ3) is 5.81. The van der Waals surface area contributed by atoms with Crippen molar-refractivity contribution in [2.24, 2.45) is 15.9 Å². The van der Waals surface area contributed by atoms with Crippen molar-refractivity contribution in [1.82, 2.24) is 4.57 Å². The zero-order chi connectivity index (χ0) is 44.2. The van der Waals surface area contributed by atoms with Gasteiger partial charge in [-0.25, -0.2) is 4.99 Å². The maximum Gasteiger partial charge on any atom is 0.155 e. The van der Waals surface area contributed by atoms with Crippen LogP contribution in [0.25, 0.3) is 104 Å². The first-order valence-corrected chi connectivity index (χ1v) is 23.2. The quantitative estimate of drug-likeness (QED) is 0.167. The first-order valence-electron chi connectivity index (χ1n) is 23.2. The molecule has 10 aromatic carbocycles. The number of amidine groups is 1. The van der Waals surface area contributed by atoms with E-state index < -0.39 is 0 Å². The second-order valence-electron chi connectivity index (χ2n) is 17.9. The minimum Gasteiger partial charge on any atom is -0.456 e. The highest BCUT2D eigenvalue weighted by Crippen LogP contribution is 2.47. The molecule has 0 fully saturated rings. The standard InChI is InChI=1S/C62H41N3O2/c1-2-43-59(48-26-15-29-56-58(48)47-25-11-13-28-55(47)66-56)63-62(42-22-14-21-39(32-42)37-16-4-3-5-17-37)64-60(43)51-36-57-50(45-24-10-12-27-54(45)67-57)35-53(51)65-52-34-41-20-7-6-19-40(41)33-49(52)46-31-30-38-18-8-9-23-44(38)61(46)65/h3-36,43,60H,2H2,1H3. The summed E-state index contributed by atoms with van der Waals surface area (Å²) in [4.78, 5) is 11.6. The SMILES string of the molecule is CCC1C(c2cccc3oc4ccccc4c23)=NC(c2cccc(-c3ccccc3)c2)=NC1c1cc2oc3ccccc3c2cc1-n1c2cc3ccccc3cc2c2ccc3ccccc3c21. The van der Waals surface area contributed by atoms with Gasteiger partial charge in [-0.3, -0.25) is 4.99 Å².